The van der Waals surface area contributed by atoms with Crippen molar-refractivity contribution in [2.75, 3.05) is 33.0 Å². The smallest absolute Gasteiger partial charge is 0.407 e. The first kappa shape index (κ1) is 40.7. The quantitative estimate of drug-likeness (QED) is 0.0757. The summed E-state index contributed by atoms with van der Waals surface area (Å²) in [4.78, 5) is 41.9. The van der Waals surface area contributed by atoms with Crippen LogP contribution in [0.25, 0.3) is 0 Å². The zero-order valence-electron chi connectivity index (χ0n) is 29.5. The van der Waals surface area contributed by atoms with Crippen LogP contribution in [0.5, 0.6) is 5.75 Å². The largest absolute Gasteiger partial charge is 0.491 e. The number of fused-ring (bicyclic) bond motifs is 1. The summed E-state index contributed by atoms with van der Waals surface area (Å²) >= 11 is 0. The van der Waals surface area contributed by atoms with Crippen LogP contribution in [0, 0.1) is 5.92 Å². The molecule has 1 aliphatic heterocycles. The molecule has 3 atom stereocenters. The van der Waals surface area contributed by atoms with E-state index in [1.54, 1.807) is 18.7 Å². The van der Waals surface area contributed by atoms with Gasteiger partial charge in [-0.15, -0.1) is 0 Å². The van der Waals surface area contributed by atoms with Crippen LogP contribution >= 0.6 is 7.60 Å². The fourth-order valence-electron chi connectivity index (χ4n) is 6.39. The summed E-state index contributed by atoms with van der Waals surface area (Å²) in [6.45, 7) is 6.03. The van der Waals surface area contributed by atoms with Crippen molar-refractivity contribution >= 4 is 25.5 Å². The summed E-state index contributed by atoms with van der Waals surface area (Å²) in [5.74, 6) is -2.60. The van der Waals surface area contributed by atoms with Crippen LogP contribution in [-0.2, 0) is 34.5 Å². The first-order valence-electron chi connectivity index (χ1n) is 18.1. The third kappa shape index (κ3) is 12.8. The second-order valence-electron chi connectivity index (χ2n) is 12.9. The van der Waals surface area contributed by atoms with Gasteiger partial charge in [-0.3, -0.25) is 14.2 Å². The Hall–Kier alpha value is -2.70. The number of para-hydroxylation sites is 1. The molecule has 1 aromatic carbocycles. The molecule has 1 aliphatic carbocycles. The molecule has 13 nitrogen and oxygen atoms in total. The van der Waals surface area contributed by atoms with Gasteiger partial charge in [0.05, 0.1) is 26.4 Å². The summed E-state index contributed by atoms with van der Waals surface area (Å²) in [6, 6.07) is 6.26. The number of carbonyl (C=O) groups is 3. The molecule has 0 radical (unpaired) electrons. The number of aliphatic hydroxyl groups is 2. The summed E-state index contributed by atoms with van der Waals surface area (Å²) in [6.07, 6.45) is 8.42. The SMILES string of the molecule is CCCCCCCOC(=O)N[C@@H](CC1CCCCC1)C(=O)NC(O)(CCC(=O)N1CCOc2ccccc2C1)C(O)P(=O)(OCC)OCC. The first-order valence-corrected chi connectivity index (χ1v) is 19.7. The Bertz CT molecular complexity index is 1220. The van der Waals surface area contributed by atoms with E-state index in [1.807, 2.05) is 24.3 Å². The molecule has 0 bridgehead atoms. The fourth-order valence-corrected chi connectivity index (χ4v) is 8.19. The zero-order chi connectivity index (χ0) is 35.7. The van der Waals surface area contributed by atoms with E-state index < -0.39 is 43.6 Å². The van der Waals surface area contributed by atoms with Gasteiger partial charge >= 0.3 is 13.7 Å². The highest BCUT2D eigenvalue weighted by Gasteiger charge is 2.51. The molecule has 0 spiro atoms. The Labute approximate surface area is 291 Å². The van der Waals surface area contributed by atoms with Crippen molar-refractivity contribution in [2.24, 2.45) is 5.92 Å². The van der Waals surface area contributed by atoms with Crippen molar-refractivity contribution in [2.45, 2.75) is 128 Å². The maximum Gasteiger partial charge on any atom is 0.407 e. The Morgan fingerprint density at radius 2 is 1.73 bits per heavy atom. The Balaban J connectivity index is 1.80. The molecule has 1 fully saturated rings. The van der Waals surface area contributed by atoms with E-state index in [0.29, 0.717) is 12.2 Å². The molecule has 3 amide bonds. The van der Waals surface area contributed by atoms with Gasteiger partial charge in [0, 0.05) is 24.9 Å². The van der Waals surface area contributed by atoms with E-state index in [1.165, 1.54) is 0 Å². The van der Waals surface area contributed by atoms with Gasteiger partial charge in [0.1, 0.15) is 18.4 Å². The molecule has 1 heterocycles. The van der Waals surface area contributed by atoms with Crippen molar-refractivity contribution < 1.29 is 47.7 Å². The molecule has 2 unspecified atom stereocenters. The predicted octanol–water partition coefficient (Wildman–Crippen LogP) is 5.61. The minimum absolute atomic E-state index is 0.110. The molecule has 1 aromatic rings. The number of rotatable bonds is 20. The average molecular weight is 712 g/mol. The molecule has 0 aromatic heterocycles. The third-order valence-corrected chi connectivity index (χ3v) is 11.4. The number of hydrogen-bond acceptors (Lipinski definition) is 10. The van der Waals surface area contributed by atoms with Crippen LogP contribution in [0.1, 0.15) is 110 Å². The molecule has 4 N–H and O–H groups in total. The molecular formula is C35H58N3O10P. The van der Waals surface area contributed by atoms with E-state index in [4.69, 9.17) is 18.5 Å². The number of alkyl carbamates (subject to hydrolysis) is 1. The number of ether oxygens (including phenoxy) is 2. The highest BCUT2D eigenvalue weighted by Crippen LogP contribution is 2.55. The average Bonchev–Trinajstić information content (AvgIpc) is 3.31. The number of carbonyl (C=O) groups excluding carboxylic acids is 3. The molecule has 3 rings (SSSR count). The highest BCUT2D eigenvalue weighted by molar-refractivity contribution is 7.54. The lowest BCUT2D eigenvalue weighted by Crippen LogP contribution is -2.61. The van der Waals surface area contributed by atoms with Crippen molar-refractivity contribution in [3.05, 3.63) is 29.8 Å². The second-order valence-corrected chi connectivity index (χ2v) is 15.0. The van der Waals surface area contributed by atoms with Gasteiger partial charge in [0.25, 0.3) is 0 Å². The number of unbranched alkanes of at least 4 members (excludes halogenated alkanes) is 4. The lowest BCUT2D eigenvalue weighted by atomic mass is 9.84. The summed E-state index contributed by atoms with van der Waals surface area (Å²) < 4.78 is 35.6. The Morgan fingerprint density at radius 3 is 2.43 bits per heavy atom. The number of hydrogen-bond donors (Lipinski definition) is 4. The topological polar surface area (TPSA) is 173 Å². The number of aliphatic hydroxyl groups excluding tert-OH is 1. The lowest BCUT2D eigenvalue weighted by molar-refractivity contribution is -0.144. The first-order chi connectivity index (χ1) is 23.5. The van der Waals surface area contributed by atoms with E-state index in [2.05, 4.69) is 17.6 Å². The number of amides is 3. The number of benzene rings is 1. The Kier molecular flexibility index (Phi) is 17.3. The molecule has 0 saturated heterocycles. The van der Waals surface area contributed by atoms with Gasteiger partial charge in [-0.05, 0) is 38.7 Å². The maximum atomic E-state index is 14.0. The minimum Gasteiger partial charge on any atom is -0.491 e. The van der Waals surface area contributed by atoms with Crippen molar-refractivity contribution in [1.29, 1.82) is 0 Å². The van der Waals surface area contributed by atoms with Gasteiger partial charge in [-0.25, -0.2) is 4.79 Å². The minimum atomic E-state index is -4.42. The van der Waals surface area contributed by atoms with E-state index in [9.17, 15) is 29.2 Å². The lowest BCUT2D eigenvalue weighted by Gasteiger charge is -2.38. The Morgan fingerprint density at radius 1 is 1.04 bits per heavy atom. The summed E-state index contributed by atoms with van der Waals surface area (Å²) in [5.41, 5.74) is -1.80. The summed E-state index contributed by atoms with van der Waals surface area (Å²) in [5, 5.41) is 28.6. The zero-order valence-corrected chi connectivity index (χ0v) is 30.4. The van der Waals surface area contributed by atoms with E-state index in [0.717, 1.165) is 63.4 Å². The summed E-state index contributed by atoms with van der Waals surface area (Å²) in [7, 11) is -4.42. The van der Waals surface area contributed by atoms with Gasteiger partial charge in [0.2, 0.25) is 17.7 Å². The van der Waals surface area contributed by atoms with Crippen LogP contribution < -0.4 is 15.4 Å². The van der Waals surface area contributed by atoms with Crippen LogP contribution in [0.4, 0.5) is 4.79 Å². The van der Waals surface area contributed by atoms with E-state index >= 15 is 0 Å². The van der Waals surface area contributed by atoms with Crippen LogP contribution in [-0.4, -0.2) is 83.6 Å². The van der Waals surface area contributed by atoms with E-state index in [-0.39, 0.29) is 64.2 Å². The normalized spacial score (nSPS) is 17.9. The molecule has 49 heavy (non-hydrogen) atoms. The van der Waals surface area contributed by atoms with Crippen molar-refractivity contribution in [3.8, 4) is 5.75 Å². The number of nitrogens with zero attached hydrogens (tertiary/aromatic N) is 1. The monoisotopic (exact) mass is 711 g/mol. The van der Waals surface area contributed by atoms with Crippen LogP contribution in [0.3, 0.4) is 0 Å². The highest BCUT2D eigenvalue weighted by atomic mass is 31.2. The van der Waals surface area contributed by atoms with Crippen molar-refractivity contribution in [1.82, 2.24) is 15.5 Å². The third-order valence-electron chi connectivity index (χ3n) is 9.09. The maximum absolute atomic E-state index is 14.0. The molecule has 1 saturated carbocycles. The molecule has 14 heteroatoms. The fraction of sp³-hybridized carbons (Fsp3) is 0.743. The van der Waals surface area contributed by atoms with Gasteiger partial charge in [-0.2, -0.15) is 0 Å². The van der Waals surface area contributed by atoms with Crippen LogP contribution in [0.2, 0.25) is 0 Å². The number of nitrogens with one attached hydrogen (secondary N) is 2. The standard InChI is InChI=1S/C35H58N3O10P/c1-4-7-8-9-15-23-46-34(42)36-29(25-27-16-11-10-12-17-27)32(40)37-35(43,33(41)49(44,47-5-2)48-6-3)21-20-31(39)38-22-24-45-30-19-14-13-18-28(30)26-38/h13-14,18-19,27,29,33,41,43H,4-12,15-17,20-26H2,1-3H3,(H,36,42)(H,37,40)/t29-,33?,35?/m0/s1. The van der Waals surface area contributed by atoms with Crippen molar-refractivity contribution in [3.63, 3.8) is 0 Å². The van der Waals surface area contributed by atoms with Gasteiger partial charge < -0.3 is 44.3 Å². The molecule has 278 valence electrons. The van der Waals surface area contributed by atoms with Crippen LogP contribution in [0.15, 0.2) is 24.3 Å². The molecular weight excluding hydrogens is 653 g/mol. The van der Waals surface area contributed by atoms with Gasteiger partial charge in [-0.1, -0.05) is 82.9 Å². The van der Waals surface area contributed by atoms with Gasteiger partial charge in [0.15, 0.2) is 5.72 Å². The molecule has 2 aliphatic rings. The predicted molar refractivity (Wildman–Crippen MR) is 185 cm³/mol. The second kappa shape index (κ2) is 20.8.